The Morgan fingerprint density at radius 3 is 1.20 bits per heavy atom. The van der Waals surface area contributed by atoms with Gasteiger partial charge in [-0.1, -0.05) is 62.3 Å². The zero-order valence-electron chi connectivity index (χ0n) is 14.6. The molecule has 0 saturated carbocycles. The topological polar surface area (TPSA) is 17.1 Å². The molecule has 0 aliphatic carbocycles. The first kappa shape index (κ1) is 19.6. The van der Waals surface area contributed by atoms with Crippen molar-refractivity contribution in [2.75, 3.05) is 0 Å². The number of rotatable bonds is 0. The Morgan fingerprint density at radius 1 is 0.700 bits per heavy atom. The Kier molecular flexibility index (Phi) is 6.40. The zero-order chi connectivity index (χ0) is 16.4. The molecule has 20 heavy (non-hydrogen) atoms. The van der Waals surface area contributed by atoms with Crippen molar-refractivity contribution in [3.05, 3.63) is 34.9 Å². The first-order valence-corrected chi connectivity index (χ1v) is 7.61. The van der Waals surface area contributed by atoms with Crippen LogP contribution in [0.4, 0.5) is 0 Å². The Morgan fingerprint density at radius 2 is 1.00 bits per heavy atom. The van der Waals surface area contributed by atoms with Gasteiger partial charge in [0.2, 0.25) is 0 Å². The summed E-state index contributed by atoms with van der Waals surface area (Å²) >= 11 is 1.17. The quantitative estimate of drug-likeness (QED) is 0.491. The van der Waals surface area contributed by atoms with E-state index in [2.05, 4.69) is 80.5 Å². The van der Waals surface area contributed by atoms with E-state index in [1.54, 1.807) is 0 Å². The summed E-state index contributed by atoms with van der Waals surface area (Å²) in [6, 6.07) is 8.29. The van der Waals surface area contributed by atoms with Crippen LogP contribution >= 0.6 is 0 Å². The van der Waals surface area contributed by atoms with Crippen molar-refractivity contribution in [3.8, 4) is 0 Å². The summed E-state index contributed by atoms with van der Waals surface area (Å²) in [5, 5.41) is 0. The summed E-state index contributed by atoms with van der Waals surface area (Å²) < 4.78 is 8.17. The summed E-state index contributed by atoms with van der Waals surface area (Å²) in [5.74, 6) is 0. The minimum absolute atomic E-state index is 0.154. The monoisotopic (exact) mass is 288 g/mol. The van der Waals surface area contributed by atoms with Gasteiger partial charge >= 0.3 is 20.0 Å². The van der Waals surface area contributed by atoms with Crippen LogP contribution in [0.3, 0.4) is 0 Å². The Hall–Kier alpha value is -0.448. The first-order valence-electron chi connectivity index (χ1n) is 7.14. The standard InChI is InChI=1S/C18H29.Al.O/c1-16(2,3)13-10-14(17(4,5)6)12-15(11-13)18(7,8)9;;/h10-11H,1-9H3;;/q-1;;. The summed E-state index contributed by atoms with van der Waals surface area (Å²) in [5.41, 5.74) is 4.55. The average Bonchev–Trinajstić information content (AvgIpc) is 2.27. The molecule has 0 aromatic heterocycles. The van der Waals surface area contributed by atoms with Crippen molar-refractivity contribution in [3.63, 3.8) is 0 Å². The zero-order valence-corrected chi connectivity index (χ0v) is 15.8. The van der Waals surface area contributed by atoms with Crippen LogP contribution in [0, 0.1) is 6.07 Å². The van der Waals surface area contributed by atoms with E-state index in [9.17, 15) is 0 Å². The second-order valence-corrected chi connectivity index (χ2v) is 8.45. The molecule has 1 nitrogen and oxygen atoms in total. The SMILES string of the molecule is CC(C)(C)c1[c-]c(C(C)(C)C)cc(C(C)(C)C)c1.[O]=[Al]. The van der Waals surface area contributed by atoms with E-state index < -0.39 is 0 Å². The fourth-order valence-electron chi connectivity index (χ4n) is 1.81. The van der Waals surface area contributed by atoms with Crippen molar-refractivity contribution >= 4 is 16.2 Å². The van der Waals surface area contributed by atoms with E-state index in [0.717, 1.165) is 0 Å². The van der Waals surface area contributed by atoms with Gasteiger partial charge < -0.3 is 0 Å². The van der Waals surface area contributed by atoms with Crippen molar-refractivity contribution in [2.45, 2.75) is 78.6 Å². The van der Waals surface area contributed by atoms with Crippen molar-refractivity contribution in [1.82, 2.24) is 0 Å². The van der Waals surface area contributed by atoms with Gasteiger partial charge in [0.1, 0.15) is 0 Å². The summed E-state index contributed by atoms with van der Waals surface area (Å²) in [4.78, 5) is 0. The fraction of sp³-hybridized carbons (Fsp3) is 0.667. The third-order valence-corrected chi connectivity index (χ3v) is 3.35. The van der Waals surface area contributed by atoms with Crippen LogP contribution in [0.15, 0.2) is 12.1 Å². The molecule has 0 amide bonds. The van der Waals surface area contributed by atoms with E-state index in [1.165, 1.54) is 32.9 Å². The van der Waals surface area contributed by atoms with Crippen molar-refractivity contribution in [1.29, 1.82) is 0 Å². The van der Waals surface area contributed by atoms with Crippen LogP contribution in [0.5, 0.6) is 0 Å². The normalized spacial score (nSPS) is 12.6. The number of hydrogen-bond acceptors (Lipinski definition) is 1. The molecule has 0 N–H and O–H groups in total. The molecule has 0 aliphatic heterocycles. The molecule has 0 fully saturated rings. The molecule has 1 radical (unpaired) electrons. The van der Waals surface area contributed by atoms with Gasteiger partial charge in [0, 0.05) is 0 Å². The van der Waals surface area contributed by atoms with E-state index >= 15 is 0 Å². The van der Waals surface area contributed by atoms with Gasteiger partial charge in [-0.25, -0.2) is 0 Å². The Labute approximate surface area is 133 Å². The van der Waals surface area contributed by atoms with Gasteiger partial charge in [-0.05, 0) is 16.2 Å². The van der Waals surface area contributed by atoms with Gasteiger partial charge in [-0.2, -0.15) is 34.9 Å². The summed E-state index contributed by atoms with van der Waals surface area (Å²) in [7, 11) is 0. The predicted octanol–water partition coefficient (Wildman–Crippen LogP) is 4.88. The molecule has 2 heteroatoms. The Balaban J connectivity index is 0.00000172. The second-order valence-electron chi connectivity index (χ2n) is 8.45. The molecule has 1 aromatic carbocycles. The molecule has 0 saturated heterocycles. The van der Waals surface area contributed by atoms with E-state index in [0.29, 0.717) is 0 Å². The second kappa shape index (κ2) is 6.54. The van der Waals surface area contributed by atoms with Gasteiger partial charge in [-0.15, -0.1) is 0 Å². The van der Waals surface area contributed by atoms with Gasteiger partial charge in [0.05, 0.1) is 0 Å². The van der Waals surface area contributed by atoms with Gasteiger partial charge in [0.25, 0.3) is 0 Å². The average molecular weight is 288 g/mol. The fourth-order valence-corrected chi connectivity index (χ4v) is 1.81. The van der Waals surface area contributed by atoms with Crippen LogP contribution in [0.2, 0.25) is 0 Å². The van der Waals surface area contributed by atoms with Crippen LogP contribution in [0.25, 0.3) is 0 Å². The maximum atomic E-state index is 8.17. The van der Waals surface area contributed by atoms with Crippen LogP contribution in [-0.4, -0.2) is 16.2 Å². The molecule has 1 rings (SSSR count). The molecule has 0 atom stereocenters. The van der Waals surface area contributed by atoms with Crippen LogP contribution in [-0.2, 0) is 20.0 Å². The Bertz CT molecular complexity index is 363. The number of hydrogen-bond donors (Lipinski definition) is 0. The van der Waals surface area contributed by atoms with E-state index in [1.807, 2.05) is 0 Å². The minimum atomic E-state index is 0.154. The number of benzene rings is 1. The first-order chi connectivity index (χ1) is 8.82. The molecule has 0 heterocycles. The van der Waals surface area contributed by atoms with Gasteiger partial charge in [-0.3, -0.25) is 0 Å². The van der Waals surface area contributed by atoms with Crippen LogP contribution in [0.1, 0.15) is 79.0 Å². The molecular weight excluding hydrogens is 259 g/mol. The third-order valence-electron chi connectivity index (χ3n) is 3.35. The maximum absolute atomic E-state index is 8.17. The van der Waals surface area contributed by atoms with Crippen molar-refractivity contribution in [2.24, 2.45) is 0 Å². The summed E-state index contributed by atoms with van der Waals surface area (Å²) in [6.07, 6.45) is 0. The molecular formula is C18H29AlO-. The molecule has 0 unspecified atom stereocenters. The molecule has 111 valence electrons. The van der Waals surface area contributed by atoms with Gasteiger partial charge in [0.15, 0.2) is 0 Å². The third kappa shape index (κ3) is 5.51. The summed E-state index contributed by atoms with van der Waals surface area (Å²) in [6.45, 7) is 20.4. The molecule has 0 aliphatic rings. The predicted molar refractivity (Wildman–Crippen MR) is 87.8 cm³/mol. The molecule has 0 spiro atoms. The van der Waals surface area contributed by atoms with E-state index in [4.69, 9.17) is 3.80 Å². The van der Waals surface area contributed by atoms with E-state index in [-0.39, 0.29) is 16.2 Å². The molecule has 1 aromatic rings. The van der Waals surface area contributed by atoms with Crippen LogP contribution < -0.4 is 0 Å². The molecule has 0 bridgehead atoms. The van der Waals surface area contributed by atoms with Crippen molar-refractivity contribution < 1.29 is 3.80 Å².